The average molecular weight is 308 g/mol. The Labute approximate surface area is 136 Å². The van der Waals surface area contributed by atoms with Crippen LogP contribution in [-0.4, -0.2) is 12.6 Å². The Morgan fingerprint density at radius 2 is 1.48 bits per heavy atom. The lowest BCUT2D eigenvalue weighted by atomic mass is 9.81. The summed E-state index contributed by atoms with van der Waals surface area (Å²) >= 11 is 0. The first-order chi connectivity index (χ1) is 9.92. The van der Waals surface area contributed by atoms with Crippen LogP contribution in [0.2, 0.25) is 0 Å². The first-order valence-corrected chi connectivity index (χ1v) is 8.70. The second-order valence-corrected chi connectivity index (χ2v) is 6.87. The third kappa shape index (κ3) is 5.00. The van der Waals surface area contributed by atoms with Crippen molar-refractivity contribution in [3.05, 3.63) is 35.9 Å². The highest BCUT2D eigenvalue weighted by Crippen LogP contribution is 2.33. The minimum atomic E-state index is 0. The molecular formula is C19H30ClN. The Hall–Kier alpha value is -0.530. The van der Waals surface area contributed by atoms with Crippen LogP contribution in [0.25, 0.3) is 0 Å². The molecule has 0 saturated heterocycles. The zero-order valence-electron chi connectivity index (χ0n) is 13.1. The van der Waals surface area contributed by atoms with Gasteiger partial charge in [-0.1, -0.05) is 49.6 Å². The highest BCUT2D eigenvalue weighted by atomic mass is 35.5. The van der Waals surface area contributed by atoms with Crippen molar-refractivity contribution in [2.24, 2.45) is 5.92 Å². The van der Waals surface area contributed by atoms with Crippen molar-refractivity contribution in [3.63, 3.8) is 0 Å². The fourth-order valence-corrected chi connectivity index (χ4v) is 4.08. The summed E-state index contributed by atoms with van der Waals surface area (Å²) in [5, 5.41) is 3.86. The van der Waals surface area contributed by atoms with Gasteiger partial charge in [0.25, 0.3) is 0 Å². The smallest absolute Gasteiger partial charge is 0.00676 e. The molecule has 0 heterocycles. The summed E-state index contributed by atoms with van der Waals surface area (Å²) < 4.78 is 0. The van der Waals surface area contributed by atoms with Crippen LogP contribution in [0.1, 0.15) is 69.3 Å². The van der Waals surface area contributed by atoms with E-state index in [1.807, 2.05) is 0 Å². The molecule has 0 atom stereocenters. The summed E-state index contributed by atoms with van der Waals surface area (Å²) in [5.74, 6) is 1.78. The van der Waals surface area contributed by atoms with Crippen LogP contribution < -0.4 is 5.32 Å². The molecule has 0 unspecified atom stereocenters. The molecule has 1 aromatic carbocycles. The van der Waals surface area contributed by atoms with Gasteiger partial charge in [-0.25, -0.2) is 0 Å². The summed E-state index contributed by atoms with van der Waals surface area (Å²) in [5.41, 5.74) is 1.55. The van der Waals surface area contributed by atoms with Gasteiger partial charge in [-0.05, 0) is 62.5 Å². The molecule has 2 fully saturated rings. The monoisotopic (exact) mass is 307 g/mol. The van der Waals surface area contributed by atoms with Crippen molar-refractivity contribution in [2.75, 3.05) is 6.54 Å². The Morgan fingerprint density at radius 3 is 2.14 bits per heavy atom. The predicted molar refractivity (Wildman–Crippen MR) is 93.3 cm³/mol. The van der Waals surface area contributed by atoms with E-state index in [0.717, 1.165) is 17.9 Å². The fourth-order valence-electron chi connectivity index (χ4n) is 4.08. The van der Waals surface area contributed by atoms with Crippen molar-refractivity contribution in [3.8, 4) is 0 Å². The van der Waals surface area contributed by atoms with E-state index in [1.54, 1.807) is 5.56 Å². The third-order valence-corrected chi connectivity index (χ3v) is 5.42. The third-order valence-electron chi connectivity index (χ3n) is 5.42. The number of hydrogen-bond acceptors (Lipinski definition) is 1. The Morgan fingerprint density at radius 1 is 0.810 bits per heavy atom. The van der Waals surface area contributed by atoms with Crippen LogP contribution >= 0.6 is 12.4 Å². The molecular weight excluding hydrogens is 278 g/mol. The van der Waals surface area contributed by atoms with Crippen LogP contribution in [0, 0.1) is 5.92 Å². The van der Waals surface area contributed by atoms with E-state index in [2.05, 4.69) is 35.6 Å². The molecule has 3 rings (SSSR count). The van der Waals surface area contributed by atoms with E-state index in [0.29, 0.717) is 0 Å². The number of rotatable bonds is 4. The number of hydrogen-bond donors (Lipinski definition) is 1. The van der Waals surface area contributed by atoms with Gasteiger partial charge in [0.15, 0.2) is 0 Å². The van der Waals surface area contributed by atoms with Gasteiger partial charge in [0.2, 0.25) is 0 Å². The van der Waals surface area contributed by atoms with Crippen molar-refractivity contribution < 1.29 is 0 Å². The van der Waals surface area contributed by atoms with E-state index in [9.17, 15) is 0 Å². The molecule has 2 aliphatic rings. The number of benzene rings is 1. The number of nitrogens with one attached hydrogen (secondary N) is 1. The van der Waals surface area contributed by atoms with Crippen LogP contribution in [-0.2, 0) is 0 Å². The SMILES string of the molecule is Cl.c1ccc(C2CCC(NCC3CCCCC3)CC2)cc1. The second kappa shape index (κ2) is 8.80. The lowest BCUT2D eigenvalue weighted by Gasteiger charge is -2.31. The molecule has 0 amide bonds. The molecule has 0 bridgehead atoms. The maximum atomic E-state index is 3.86. The van der Waals surface area contributed by atoms with Crippen molar-refractivity contribution in [1.29, 1.82) is 0 Å². The molecule has 21 heavy (non-hydrogen) atoms. The predicted octanol–water partition coefficient (Wildman–Crippen LogP) is 5.30. The summed E-state index contributed by atoms with van der Waals surface area (Å²) in [4.78, 5) is 0. The fraction of sp³-hybridized carbons (Fsp3) is 0.684. The summed E-state index contributed by atoms with van der Waals surface area (Å²) in [7, 11) is 0. The molecule has 0 spiro atoms. The van der Waals surface area contributed by atoms with Gasteiger partial charge in [-0.2, -0.15) is 0 Å². The molecule has 0 radical (unpaired) electrons. The van der Waals surface area contributed by atoms with Gasteiger partial charge in [0, 0.05) is 6.04 Å². The van der Waals surface area contributed by atoms with Gasteiger partial charge < -0.3 is 5.32 Å². The zero-order valence-corrected chi connectivity index (χ0v) is 13.9. The average Bonchev–Trinajstić information content (AvgIpc) is 2.55. The molecule has 1 aromatic rings. The highest BCUT2D eigenvalue weighted by Gasteiger charge is 2.23. The Kier molecular flexibility index (Phi) is 7.06. The van der Waals surface area contributed by atoms with E-state index in [-0.39, 0.29) is 12.4 Å². The molecule has 2 aliphatic carbocycles. The lowest BCUT2D eigenvalue weighted by molar-refractivity contribution is 0.290. The summed E-state index contributed by atoms with van der Waals surface area (Å²) in [6.45, 7) is 1.28. The van der Waals surface area contributed by atoms with Gasteiger partial charge in [0.05, 0.1) is 0 Å². The molecule has 2 saturated carbocycles. The molecule has 1 N–H and O–H groups in total. The van der Waals surface area contributed by atoms with E-state index < -0.39 is 0 Å². The van der Waals surface area contributed by atoms with E-state index in [1.165, 1.54) is 64.3 Å². The largest absolute Gasteiger partial charge is 0.314 e. The Bertz CT molecular complexity index is 378. The van der Waals surface area contributed by atoms with Gasteiger partial charge in [-0.3, -0.25) is 0 Å². The van der Waals surface area contributed by atoms with Crippen LogP contribution in [0.5, 0.6) is 0 Å². The van der Waals surface area contributed by atoms with Crippen molar-refractivity contribution in [2.45, 2.75) is 69.7 Å². The standard InChI is InChI=1S/C19H29N.ClH/c1-3-7-16(8-4-1)15-20-19-13-11-18(12-14-19)17-9-5-2-6-10-17;/h2,5-6,9-10,16,18-20H,1,3-4,7-8,11-15H2;1H. The maximum Gasteiger partial charge on any atom is 0.00676 e. The normalized spacial score (nSPS) is 27.0. The maximum absolute atomic E-state index is 3.86. The molecule has 1 nitrogen and oxygen atoms in total. The van der Waals surface area contributed by atoms with Crippen molar-refractivity contribution in [1.82, 2.24) is 5.32 Å². The van der Waals surface area contributed by atoms with E-state index >= 15 is 0 Å². The van der Waals surface area contributed by atoms with Crippen LogP contribution in [0.4, 0.5) is 0 Å². The van der Waals surface area contributed by atoms with Gasteiger partial charge in [0.1, 0.15) is 0 Å². The minimum Gasteiger partial charge on any atom is -0.314 e. The topological polar surface area (TPSA) is 12.0 Å². The summed E-state index contributed by atoms with van der Waals surface area (Å²) in [6, 6.07) is 11.9. The summed E-state index contributed by atoms with van der Waals surface area (Å²) in [6.07, 6.45) is 12.8. The first-order valence-electron chi connectivity index (χ1n) is 8.70. The quantitative estimate of drug-likeness (QED) is 0.795. The van der Waals surface area contributed by atoms with Crippen molar-refractivity contribution >= 4 is 12.4 Å². The highest BCUT2D eigenvalue weighted by molar-refractivity contribution is 5.85. The zero-order chi connectivity index (χ0) is 13.6. The van der Waals surface area contributed by atoms with Crippen LogP contribution in [0.15, 0.2) is 30.3 Å². The number of halogens is 1. The molecule has 0 aliphatic heterocycles. The Balaban J connectivity index is 0.00000161. The molecule has 0 aromatic heterocycles. The minimum absolute atomic E-state index is 0. The molecule has 2 heteroatoms. The van der Waals surface area contributed by atoms with Gasteiger partial charge in [-0.15, -0.1) is 12.4 Å². The van der Waals surface area contributed by atoms with E-state index in [4.69, 9.17) is 0 Å². The van der Waals surface area contributed by atoms with Crippen LogP contribution in [0.3, 0.4) is 0 Å². The first kappa shape index (κ1) is 16.8. The lowest BCUT2D eigenvalue weighted by Crippen LogP contribution is -2.36. The molecule has 118 valence electrons. The van der Waals surface area contributed by atoms with Gasteiger partial charge >= 0.3 is 0 Å². The second-order valence-electron chi connectivity index (χ2n) is 6.87.